The second-order valence-corrected chi connectivity index (χ2v) is 10.3. The average Bonchev–Trinajstić information content (AvgIpc) is 1.81. The third kappa shape index (κ3) is 4.63. The Morgan fingerprint density at radius 1 is 1.08 bits per heavy atom. The standard InChI is InChI=1S/C11H24OSi/c1-8-9-12-13(10(2,3)4)11(5,6)7/h8,13H,1,9H2,2-7H3. The van der Waals surface area contributed by atoms with E-state index in [0.717, 1.165) is 0 Å². The minimum Gasteiger partial charge on any atom is -0.415 e. The molecule has 0 unspecified atom stereocenters. The van der Waals surface area contributed by atoms with E-state index in [1.54, 1.807) is 0 Å². The summed E-state index contributed by atoms with van der Waals surface area (Å²) in [6.45, 7) is 18.0. The predicted octanol–water partition coefficient (Wildman–Crippen LogP) is 3.51. The molecule has 0 aromatic carbocycles. The molecule has 0 aliphatic heterocycles. The molecule has 0 atom stereocenters. The molecule has 0 aliphatic carbocycles. The first kappa shape index (κ1) is 12.9. The lowest BCUT2D eigenvalue weighted by molar-refractivity contribution is 0.319. The number of rotatable bonds is 3. The van der Waals surface area contributed by atoms with Gasteiger partial charge in [0.25, 0.3) is 0 Å². The Bertz CT molecular complexity index is 148. The van der Waals surface area contributed by atoms with Crippen molar-refractivity contribution >= 4 is 9.04 Å². The zero-order valence-electron chi connectivity index (χ0n) is 9.98. The molecule has 0 amide bonds. The van der Waals surface area contributed by atoms with Crippen LogP contribution in [0.25, 0.3) is 0 Å². The molecule has 0 radical (unpaired) electrons. The van der Waals surface area contributed by atoms with Crippen molar-refractivity contribution in [1.82, 2.24) is 0 Å². The molecule has 0 heterocycles. The average molecular weight is 200 g/mol. The van der Waals surface area contributed by atoms with E-state index in [2.05, 4.69) is 48.1 Å². The summed E-state index contributed by atoms with van der Waals surface area (Å²) in [7, 11) is -1.20. The highest BCUT2D eigenvalue weighted by atomic mass is 28.3. The second-order valence-electron chi connectivity index (χ2n) is 5.73. The molecule has 2 heteroatoms. The van der Waals surface area contributed by atoms with Gasteiger partial charge in [-0.1, -0.05) is 47.6 Å². The second kappa shape index (κ2) is 4.42. The van der Waals surface area contributed by atoms with Crippen LogP contribution in [0.3, 0.4) is 0 Å². The summed E-state index contributed by atoms with van der Waals surface area (Å²) >= 11 is 0. The van der Waals surface area contributed by atoms with Gasteiger partial charge in [-0.25, -0.2) is 0 Å². The molecule has 0 saturated heterocycles. The van der Waals surface area contributed by atoms with Crippen molar-refractivity contribution in [2.75, 3.05) is 6.61 Å². The maximum absolute atomic E-state index is 5.94. The Morgan fingerprint density at radius 3 is 1.69 bits per heavy atom. The van der Waals surface area contributed by atoms with E-state index in [9.17, 15) is 0 Å². The van der Waals surface area contributed by atoms with Crippen molar-refractivity contribution in [3.63, 3.8) is 0 Å². The molecule has 0 rings (SSSR count). The van der Waals surface area contributed by atoms with Crippen molar-refractivity contribution in [2.45, 2.75) is 51.6 Å². The molecule has 0 bridgehead atoms. The molecule has 0 fully saturated rings. The minimum absolute atomic E-state index is 0.321. The molecule has 0 aromatic rings. The van der Waals surface area contributed by atoms with Gasteiger partial charge in [-0.15, -0.1) is 6.58 Å². The third-order valence-corrected chi connectivity index (χ3v) is 5.63. The van der Waals surface area contributed by atoms with E-state index in [0.29, 0.717) is 16.7 Å². The van der Waals surface area contributed by atoms with Gasteiger partial charge in [0.15, 0.2) is 9.04 Å². The van der Waals surface area contributed by atoms with E-state index in [1.807, 2.05) is 6.08 Å². The quantitative estimate of drug-likeness (QED) is 0.500. The fourth-order valence-electron chi connectivity index (χ4n) is 1.96. The van der Waals surface area contributed by atoms with Crippen LogP contribution in [-0.2, 0) is 4.43 Å². The molecule has 0 N–H and O–H groups in total. The van der Waals surface area contributed by atoms with Crippen molar-refractivity contribution < 1.29 is 4.43 Å². The molecule has 0 spiro atoms. The predicted molar refractivity (Wildman–Crippen MR) is 62.7 cm³/mol. The molecular formula is C11H24OSi. The molecule has 0 saturated carbocycles. The van der Waals surface area contributed by atoms with E-state index in [-0.39, 0.29) is 0 Å². The topological polar surface area (TPSA) is 9.23 Å². The van der Waals surface area contributed by atoms with Gasteiger partial charge in [-0.05, 0) is 10.1 Å². The first-order chi connectivity index (χ1) is 5.69. The van der Waals surface area contributed by atoms with Crippen LogP contribution < -0.4 is 0 Å². The first-order valence-corrected chi connectivity index (χ1v) is 6.54. The summed E-state index contributed by atoms with van der Waals surface area (Å²) in [5.41, 5.74) is 0. The SMILES string of the molecule is C=CCO[SiH](C(C)(C)C)C(C)(C)C. The lowest BCUT2D eigenvalue weighted by atomic mass is 10.2. The van der Waals surface area contributed by atoms with E-state index < -0.39 is 9.04 Å². The molecule has 1 nitrogen and oxygen atoms in total. The maximum Gasteiger partial charge on any atom is 0.187 e. The summed E-state index contributed by atoms with van der Waals surface area (Å²) < 4.78 is 5.94. The summed E-state index contributed by atoms with van der Waals surface area (Å²) in [5.74, 6) is 0. The fourth-order valence-corrected chi connectivity index (χ4v) is 5.89. The monoisotopic (exact) mass is 200 g/mol. The molecule has 13 heavy (non-hydrogen) atoms. The summed E-state index contributed by atoms with van der Waals surface area (Å²) in [4.78, 5) is 0. The van der Waals surface area contributed by atoms with Crippen LogP contribution in [0.5, 0.6) is 0 Å². The van der Waals surface area contributed by atoms with Crippen LogP contribution in [-0.4, -0.2) is 15.6 Å². The molecule has 0 aliphatic rings. The van der Waals surface area contributed by atoms with E-state index >= 15 is 0 Å². The number of hydrogen-bond acceptors (Lipinski definition) is 1. The van der Waals surface area contributed by atoms with Crippen LogP contribution in [0.2, 0.25) is 10.1 Å². The molecule has 0 aromatic heterocycles. The Balaban J connectivity index is 4.47. The van der Waals surface area contributed by atoms with Gasteiger partial charge in [-0.2, -0.15) is 0 Å². The zero-order valence-corrected chi connectivity index (χ0v) is 11.1. The highest BCUT2D eigenvalue weighted by molar-refractivity contribution is 6.58. The first-order valence-electron chi connectivity index (χ1n) is 4.92. The fraction of sp³-hybridized carbons (Fsp3) is 0.818. The van der Waals surface area contributed by atoms with Gasteiger partial charge in [0.05, 0.1) is 6.61 Å². The van der Waals surface area contributed by atoms with Gasteiger partial charge in [0, 0.05) is 0 Å². The Hall–Kier alpha value is -0.0831. The van der Waals surface area contributed by atoms with Crippen LogP contribution in [0.15, 0.2) is 12.7 Å². The largest absolute Gasteiger partial charge is 0.415 e. The van der Waals surface area contributed by atoms with Crippen LogP contribution in [0.1, 0.15) is 41.5 Å². The Labute approximate surface area is 84.9 Å². The van der Waals surface area contributed by atoms with Crippen molar-refractivity contribution in [2.24, 2.45) is 0 Å². The highest BCUT2D eigenvalue weighted by Crippen LogP contribution is 2.42. The van der Waals surface area contributed by atoms with E-state index in [1.165, 1.54) is 0 Å². The molecular weight excluding hydrogens is 176 g/mol. The van der Waals surface area contributed by atoms with Gasteiger partial charge < -0.3 is 4.43 Å². The van der Waals surface area contributed by atoms with Crippen LogP contribution in [0, 0.1) is 0 Å². The van der Waals surface area contributed by atoms with Gasteiger partial charge in [0.1, 0.15) is 0 Å². The van der Waals surface area contributed by atoms with Gasteiger partial charge >= 0.3 is 0 Å². The van der Waals surface area contributed by atoms with Crippen molar-refractivity contribution in [3.05, 3.63) is 12.7 Å². The lowest BCUT2D eigenvalue weighted by Gasteiger charge is -2.38. The van der Waals surface area contributed by atoms with Crippen LogP contribution in [0.4, 0.5) is 0 Å². The third-order valence-electron chi connectivity index (χ3n) is 1.95. The van der Waals surface area contributed by atoms with Gasteiger partial charge in [-0.3, -0.25) is 0 Å². The smallest absolute Gasteiger partial charge is 0.187 e. The Kier molecular flexibility index (Phi) is 4.40. The van der Waals surface area contributed by atoms with E-state index in [4.69, 9.17) is 4.43 Å². The zero-order chi connectivity index (χ0) is 10.7. The number of hydrogen-bond donors (Lipinski definition) is 0. The Morgan fingerprint density at radius 2 is 1.46 bits per heavy atom. The summed E-state index contributed by atoms with van der Waals surface area (Å²) in [6.07, 6.45) is 1.84. The maximum atomic E-state index is 5.94. The summed E-state index contributed by atoms with van der Waals surface area (Å²) in [5, 5.41) is 0.641. The van der Waals surface area contributed by atoms with Crippen molar-refractivity contribution in [1.29, 1.82) is 0 Å². The highest BCUT2D eigenvalue weighted by Gasteiger charge is 2.37. The lowest BCUT2D eigenvalue weighted by Crippen LogP contribution is -2.38. The van der Waals surface area contributed by atoms with Crippen molar-refractivity contribution in [3.8, 4) is 0 Å². The van der Waals surface area contributed by atoms with Gasteiger partial charge in [0.2, 0.25) is 0 Å². The summed E-state index contributed by atoms with van der Waals surface area (Å²) in [6, 6.07) is 0. The minimum atomic E-state index is -1.20. The molecule has 78 valence electrons. The normalized spacial score (nSPS) is 13.5. The van der Waals surface area contributed by atoms with Crippen LogP contribution >= 0.6 is 0 Å².